The summed E-state index contributed by atoms with van der Waals surface area (Å²) in [6, 6.07) is 0. The zero-order chi connectivity index (χ0) is 9.35. The summed E-state index contributed by atoms with van der Waals surface area (Å²) in [6.45, 7) is 12.2. The van der Waals surface area contributed by atoms with Crippen molar-refractivity contribution < 1.29 is 0 Å². The van der Waals surface area contributed by atoms with Gasteiger partial charge in [-0.2, -0.15) is 0 Å². The number of allylic oxidation sites excluding steroid dienone is 3. The monoisotopic (exact) mass is 160 g/mol. The second kappa shape index (κ2) is 2.83. The maximum atomic E-state index is 3.77. The molecular formula is C12H16. The summed E-state index contributed by atoms with van der Waals surface area (Å²) in [6.07, 6.45) is 2.18. The third-order valence-electron chi connectivity index (χ3n) is 2.70. The predicted molar refractivity (Wildman–Crippen MR) is 53.6 cm³/mol. The van der Waals surface area contributed by atoms with Crippen LogP contribution in [-0.2, 0) is 0 Å². The molecule has 1 saturated carbocycles. The van der Waals surface area contributed by atoms with Crippen molar-refractivity contribution in [2.75, 3.05) is 0 Å². The molecule has 2 atom stereocenters. The first-order valence-corrected chi connectivity index (χ1v) is 4.37. The van der Waals surface area contributed by atoms with E-state index in [9.17, 15) is 0 Å². The van der Waals surface area contributed by atoms with Gasteiger partial charge in [0.25, 0.3) is 0 Å². The third-order valence-corrected chi connectivity index (χ3v) is 2.70. The maximum absolute atomic E-state index is 3.77. The van der Waals surface area contributed by atoms with Gasteiger partial charge in [0, 0.05) is 0 Å². The quantitative estimate of drug-likeness (QED) is 0.377. The van der Waals surface area contributed by atoms with Gasteiger partial charge in [-0.1, -0.05) is 37.0 Å². The summed E-state index contributed by atoms with van der Waals surface area (Å²) in [5.41, 5.74) is 2.57. The molecule has 0 bridgehead atoms. The Hall–Kier alpha value is -0.960. The number of rotatable bonds is 0. The van der Waals surface area contributed by atoms with Crippen LogP contribution < -0.4 is 0 Å². The van der Waals surface area contributed by atoms with Gasteiger partial charge < -0.3 is 0 Å². The fourth-order valence-electron chi connectivity index (χ4n) is 1.62. The Morgan fingerprint density at radius 3 is 2.58 bits per heavy atom. The predicted octanol–water partition coefficient (Wildman–Crippen LogP) is 3.17. The van der Waals surface area contributed by atoms with Crippen LogP contribution in [0.2, 0.25) is 0 Å². The van der Waals surface area contributed by atoms with Crippen LogP contribution in [0.15, 0.2) is 23.8 Å². The molecule has 1 fully saturated rings. The lowest BCUT2D eigenvalue weighted by atomic mass is 10.1. The molecule has 0 heteroatoms. The Morgan fingerprint density at radius 2 is 2.25 bits per heavy atom. The topological polar surface area (TPSA) is 0 Å². The first kappa shape index (κ1) is 9.13. The highest BCUT2D eigenvalue weighted by Gasteiger charge is 2.51. The van der Waals surface area contributed by atoms with Crippen molar-refractivity contribution >= 4 is 0 Å². The summed E-state index contributed by atoms with van der Waals surface area (Å²) < 4.78 is 0. The molecule has 0 aromatic carbocycles. The molecule has 0 heterocycles. The lowest BCUT2D eigenvalue weighted by Gasteiger charge is -1.94. The molecule has 1 aliphatic carbocycles. The molecule has 0 aliphatic heterocycles. The number of hydrogen-bond acceptors (Lipinski definition) is 0. The minimum atomic E-state index is 0.147. The van der Waals surface area contributed by atoms with Crippen molar-refractivity contribution in [3.8, 4) is 11.8 Å². The van der Waals surface area contributed by atoms with Gasteiger partial charge in [0.05, 0.1) is 5.41 Å². The Bertz CT molecular complexity index is 296. The third kappa shape index (κ3) is 1.32. The average molecular weight is 160 g/mol. The summed E-state index contributed by atoms with van der Waals surface area (Å²) in [7, 11) is 0. The number of hydrogen-bond donors (Lipinski definition) is 0. The van der Waals surface area contributed by atoms with E-state index < -0.39 is 0 Å². The fraction of sp³-hybridized carbons (Fsp3) is 0.500. The molecule has 0 N–H and O–H groups in total. The van der Waals surface area contributed by atoms with E-state index in [1.54, 1.807) is 0 Å². The van der Waals surface area contributed by atoms with Gasteiger partial charge in [0.1, 0.15) is 0 Å². The van der Waals surface area contributed by atoms with Crippen molar-refractivity contribution in [2.45, 2.75) is 27.7 Å². The Morgan fingerprint density at radius 1 is 1.67 bits per heavy atom. The van der Waals surface area contributed by atoms with Gasteiger partial charge in [-0.15, -0.1) is 0 Å². The van der Waals surface area contributed by atoms with E-state index >= 15 is 0 Å². The highest BCUT2D eigenvalue weighted by molar-refractivity contribution is 5.47. The molecule has 0 aromatic heterocycles. The molecular weight excluding hydrogens is 144 g/mol. The summed E-state index contributed by atoms with van der Waals surface area (Å²) in [5.74, 6) is 6.96. The maximum Gasteiger partial charge on any atom is 0.0564 e. The van der Waals surface area contributed by atoms with Gasteiger partial charge >= 0.3 is 0 Å². The molecule has 0 aromatic rings. The van der Waals surface area contributed by atoms with E-state index in [0.29, 0.717) is 5.92 Å². The van der Waals surface area contributed by atoms with Crippen LogP contribution in [0.4, 0.5) is 0 Å². The Kier molecular flexibility index (Phi) is 2.15. The van der Waals surface area contributed by atoms with E-state index in [1.807, 2.05) is 6.92 Å². The first-order chi connectivity index (χ1) is 5.52. The molecule has 64 valence electrons. The van der Waals surface area contributed by atoms with Crippen LogP contribution >= 0.6 is 0 Å². The zero-order valence-corrected chi connectivity index (χ0v) is 8.36. The standard InChI is InChI=1S/C12H16/c1-6-11-10(4)12(11,5)8-7-9(2)3/h6,10H,2H2,1,3-5H3. The molecule has 0 radical (unpaired) electrons. The second-order valence-corrected chi connectivity index (χ2v) is 3.70. The van der Waals surface area contributed by atoms with Crippen LogP contribution in [0.25, 0.3) is 0 Å². The highest BCUT2D eigenvalue weighted by atomic mass is 14.5. The summed E-state index contributed by atoms with van der Waals surface area (Å²) in [5, 5.41) is 0. The molecule has 2 unspecified atom stereocenters. The summed E-state index contributed by atoms with van der Waals surface area (Å²) >= 11 is 0. The molecule has 12 heavy (non-hydrogen) atoms. The minimum Gasteiger partial charge on any atom is -0.0877 e. The molecule has 0 spiro atoms. The van der Waals surface area contributed by atoms with E-state index in [1.165, 1.54) is 5.57 Å². The van der Waals surface area contributed by atoms with Crippen LogP contribution in [0.1, 0.15) is 27.7 Å². The first-order valence-electron chi connectivity index (χ1n) is 4.37. The van der Waals surface area contributed by atoms with Crippen molar-refractivity contribution in [1.82, 2.24) is 0 Å². The Balaban J connectivity index is 2.81. The highest BCUT2D eigenvalue weighted by Crippen LogP contribution is 2.57. The van der Waals surface area contributed by atoms with Crippen molar-refractivity contribution in [3.05, 3.63) is 23.8 Å². The van der Waals surface area contributed by atoms with Gasteiger partial charge in [-0.3, -0.25) is 0 Å². The molecule has 1 aliphatic rings. The molecule has 1 rings (SSSR count). The average Bonchev–Trinajstić information content (AvgIpc) is 2.52. The van der Waals surface area contributed by atoms with Crippen LogP contribution in [0.3, 0.4) is 0 Å². The van der Waals surface area contributed by atoms with Crippen molar-refractivity contribution in [3.63, 3.8) is 0 Å². The smallest absolute Gasteiger partial charge is 0.0564 e. The molecule has 0 nitrogen and oxygen atoms in total. The fourth-order valence-corrected chi connectivity index (χ4v) is 1.62. The van der Waals surface area contributed by atoms with Gasteiger partial charge in [-0.05, 0) is 32.3 Å². The SMILES string of the molecule is C=C(C)C#CC1(C)C(=CC)C1C. The second-order valence-electron chi connectivity index (χ2n) is 3.70. The van der Waals surface area contributed by atoms with Crippen molar-refractivity contribution in [1.29, 1.82) is 0 Å². The molecule has 0 amide bonds. The van der Waals surface area contributed by atoms with Gasteiger partial charge in [-0.25, -0.2) is 0 Å². The van der Waals surface area contributed by atoms with Gasteiger partial charge in [0.2, 0.25) is 0 Å². The van der Waals surface area contributed by atoms with Crippen LogP contribution in [0, 0.1) is 23.2 Å². The van der Waals surface area contributed by atoms with Crippen LogP contribution in [-0.4, -0.2) is 0 Å². The lowest BCUT2D eigenvalue weighted by Crippen LogP contribution is -1.90. The van der Waals surface area contributed by atoms with Gasteiger partial charge in [0.15, 0.2) is 0 Å². The van der Waals surface area contributed by atoms with E-state index in [0.717, 1.165) is 5.57 Å². The van der Waals surface area contributed by atoms with Crippen molar-refractivity contribution in [2.24, 2.45) is 11.3 Å². The lowest BCUT2D eigenvalue weighted by molar-refractivity contribution is 0.696. The molecule has 0 saturated heterocycles. The van der Waals surface area contributed by atoms with E-state index in [4.69, 9.17) is 0 Å². The minimum absolute atomic E-state index is 0.147. The largest absolute Gasteiger partial charge is 0.0877 e. The summed E-state index contributed by atoms with van der Waals surface area (Å²) in [4.78, 5) is 0. The van der Waals surface area contributed by atoms with E-state index in [2.05, 4.69) is 45.3 Å². The van der Waals surface area contributed by atoms with E-state index in [-0.39, 0.29) is 5.41 Å². The zero-order valence-electron chi connectivity index (χ0n) is 8.36. The Labute approximate surface area is 75.4 Å². The normalized spacial score (nSPS) is 35.7. The van der Waals surface area contributed by atoms with Crippen LogP contribution in [0.5, 0.6) is 0 Å².